The molecule has 0 saturated heterocycles. The van der Waals surface area contributed by atoms with E-state index in [9.17, 15) is 0 Å². The Morgan fingerprint density at radius 1 is 1.31 bits per heavy atom. The molecular weight excluding hydrogens is 194 g/mol. The van der Waals surface area contributed by atoms with Gasteiger partial charge >= 0.3 is 0 Å². The Bertz CT molecular complexity index is 244. The Hall–Kier alpha value is -0.0400. The first-order valence-corrected chi connectivity index (χ1v) is 7.24. The van der Waals surface area contributed by atoms with Gasteiger partial charge in [0.1, 0.15) is 0 Å². The van der Waals surface area contributed by atoms with Gasteiger partial charge in [-0.05, 0) is 55.3 Å². The van der Waals surface area contributed by atoms with Crippen LogP contribution in [0.5, 0.6) is 0 Å². The molecular formula is C15H29N. The highest BCUT2D eigenvalue weighted by Gasteiger charge is 2.58. The van der Waals surface area contributed by atoms with E-state index in [2.05, 4.69) is 39.9 Å². The van der Waals surface area contributed by atoms with Gasteiger partial charge < -0.3 is 5.32 Å². The van der Waals surface area contributed by atoms with Crippen molar-refractivity contribution in [3.05, 3.63) is 0 Å². The molecule has 0 aromatic carbocycles. The molecule has 16 heavy (non-hydrogen) atoms. The van der Waals surface area contributed by atoms with Gasteiger partial charge in [0.25, 0.3) is 0 Å². The zero-order chi connectivity index (χ0) is 11.9. The molecule has 94 valence electrons. The molecule has 2 bridgehead atoms. The summed E-state index contributed by atoms with van der Waals surface area (Å²) in [6.07, 6.45) is 4.19. The van der Waals surface area contributed by atoms with E-state index >= 15 is 0 Å². The molecule has 0 aromatic rings. The molecule has 0 aromatic heterocycles. The normalized spacial score (nSPS) is 48.6. The van der Waals surface area contributed by atoms with Gasteiger partial charge in [0.2, 0.25) is 0 Å². The SMILES string of the molecule is CCC(C)NCC12CC(C(C)CC1C)C2C. The van der Waals surface area contributed by atoms with E-state index in [0.29, 0.717) is 11.5 Å². The monoisotopic (exact) mass is 223 g/mol. The van der Waals surface area contributed by atoms with Gasteiger partial charge in [0.15, 0.2) is 0 Å². The fraction of sp³-hybridized carbons (Fsp3) is 1.00. The summed E-state index contributed by atoms with van der Waals surface area (Å²) < 4.78 is 0. The molecule has 3 saturated carbocycles. The largest absolute Gasteiger partial charge is 0.314 e. The van der Waals surface area contributed by atoms with E-state index in [4.69, 9.17) is 0 Å². The zero-order valence-corrected chi connectivity index (χ0v) is 11.7. The molecule has 3 aliphatic rings. The highest BCUT2D eigenvalue weighted by Crippen LogP contribution is 2.64. The Labute approximate surface area is 101 Å². The summed E-state index contributed by atoms with van der Waals surface area (Å²) in [6, 6.07) is 0.687. The third kappa shape index (κ3) is 1.72. The van der Waals surface area contributed by atoms with Crippen LogP contribution in [0.3, 0.4) is 0 Å². The first-order valence-electron chi connectivity index (χ1n) is 7.24. The maximum atomic E-state index is 3.76. The topological polar surface area (TPSA) is 12.0 Å². The lowest BCUT2D eigenvalue weighted by atomic mass is 9.41. The van der Waals surface area contributed by atoms with Crippen LogP contribution in [0.2, 0.25) is 0 Å². The van der Waals surface area contributed by atoms with Crippen LogP contribution in [0.15, 0.2) is 0 Å². The summed E-state index contributed by atoms with van der Waals surface area (Å²) in [5, 5.41) is 3.76. The Balaban J connectivity index is 1.97. The summed E-state index contributed by atoms with van der Waals surface area (Å²) >= 11 is 0. The highest BCUT2D eigenvalue weighted by atomic mass is 14.9. The second kappa shape index (κ2) is 4.33. The van der Waals surface area contributed by atoms with Gasteiger partial charge in [-0.25, -0.2) is 0 Å². The van der Waals surface area contributed by atoms with Gasteiger partial charge in [-0.1, -0.05) is 27.7 Å². The molecule has 3 rings (SSSR count). The molecule has 1 N–H and O–H groups in total. The summed E-state index contributed by atoms with van der Waals surface area (Å²) in [7, 11) is 0. The number of hydrogen-bond donors (Lipinski definition) is 1. The average Bonchev–Trinajstić information content (AvgIpc) is 2.25. The van der Waals surface area contributed by atoms with Crippen LogP contribution in [-0.4, -0.2) is 12.6 Å². The second-order valence-electron chi connectivity index (χ2n) is 6.69. The van der Waals surface area contributed by atoms with E-state index in [1.807, 2.05) is 0 Å². The minimum absolute atomic E-state index is 0.639. The van der Waals surface area contributed by atoms with Crippen LogP contribution >= 0.6 is 0 Å². The average molecular weight is 223 g/mol. The molecule has 0 aliphatic heterocycles. The molecule has 0 spiro atoms. The number of rotatable bonds is 4. The Morgan fingerprint density at radius 3 is 2.50 bits per heavy atom. The Morgan fingerprint density at radius 2 is 2.00 bits per heavy atom. The predicted octanol–water partition coefficient (Wildman–Crippen LogP) is 3.69. The van der Waals surface area contributed by atoms with Crippen LogP contribution in [0.1, 0.15) is 53.9 Å². The van der Waals surface area contributed by atoms with E-state index in [0.717, 1.165) is 23.7 Å². The quantitative estimate of drug-likeness (QED) is 0.766. The van der Waals surface area contributed by atoms with Crippen molar-refractivity contribution in [2.45, 2.75) is 59.9 Å². The molecule has 6 unspecified atom stereocenters. The highest BCUT2D eigenvalue weighted by molar-refractivity contribution is 5.08. The summed E-state index contributed by atoms with van der Waals surface area (Å²) in [4.78, 5) is 0. The van der Waals surface area contributed by atoms with E-state index in [1.165, 1.54) is 25.8 Å². The van der Waals surface area contributed by atoms with Crippen LogP contribution in [0.4, 0.5) is 0 Å². The molecule has 3 aliphatic carbocycles. The minimum atomic E-state index is 0.639. The van der Waals surface area contributed by atoms with Crippen LogP contribution in [0.25, 0.3) is 0 Å². The first-order chi connectivity index (χ1) is 7.51. The fourth-order valence-corrected chi connectivity index (χ4v) is 4.29. The number of hydrogen-bond acceptors (Lipinski definition) is 1. The van der Waals surface area contributed by atoms with E-state index in [-0.39, 0.29) is 0 Å². The molecule has 0 radical (unpaired) electrons. The van der Waals surface area contributed by atoms with Crippen molar-refractivity contribution in [2.75, 3.05) is 6.54 Å². The summed E-state index contributed by atoms with van der Waals surface area (Å²) in [5.74, 6) is 3.85. The van der Waals surface area contributed by atoms with Crippen LogP contribution < -0.4 is 5.32 Å². The van der Waals surface area contributed by atoms with Crippen molar-refractivity contribution in [3.63, 3.8) is 0 Å². The standard InChI is InChI=1S/C15H29N/c1-6-12(4)16-9-15-8-14(13(15)5)10(2)7-11(15)3/h10-14,16H,6-9H2,1-5H3. The zero-order valence-electron chi connectivity index (χ0n) is 11.7. The molecule has 3 fully saturated rings. The Kier molecular flexibility index (Phi) is 3.36. The maximum absolute atomic E-state index is 3.76. The van der Waals surface area contributed by atoms with Gasteiger partial charge in [0.05, 0.1) is 0 Å². The van der Waals surface area contributed by atoms with Gasteiger partial charge in [-0.3, -0.25) is 0 Å². The molecule has 1 heteroatoms. The second-order valence-corrected chi connectivity index (χ2v) is 6.69. The predicted molar refractivity (Wildman–Crippen MR) is 70.4 cm³/mol. The number of nitrogens with one attached hydrogen (secondary N) is 1. The van der Waals surface area contributed by atoms with Crippen molar-refractivity contribution < 1.29 is 0 Å². The summed E-state index contributed by atoms with van der Waals surface area (Å²) in [6.45, 7) is 13.3. The van der Waals surface area contributed by atoms with Crippen molar-refractivity contribution >= 4 is 0 Å². The lowest BCUT2D eigenvalue weighted by Gasteiger charge is -2.64. The maximum Gasteiger partial charge on any atom is 0.00363 e. The molecule has 0 heterocycles. The van der Waals surface area contributed by atoms with Gasteiger partial charge in [0, 0.05) is 12.6 Å². The van der Waals surface area contributed by atoms with Crippen molar-refractivity contribution in [1.29, 1.82) is 0 Å². The lowest BCUT2D eigenvalue weighted by molar-refractivity contribution is -0.149. The van der Waals surface area contributed by atoms with Crippen molar-refractivity contribution in [1.82, 2.24) is 5.32 Å². The first kappa shape index (κ1) is 12.4. The molecule has 0 amide bonds. The third-order valence-electron chi connectivity index (χ3n) is 5.99. The van der Waals surface area contributed by atoms with Gasteiger partial charge in [-0.15, -0.1) is 0 Å². The van der Waals surface area contributed by atoms with E-state index in [1.54, 1.807) is 0 Å². The minimum Gasteiger partial charge on any atom is -0.314 e. The van der Waals surface area contributed by atoms with Crippen LogP contribution in [-0.2, 0) is 0 Å². The molecule has 1 nitrogen and oxygen atoms in total. The fourth-order valence-electron chi connectivity index (χ4n) is 4.29. The lowest BCUT2D eigenvalue weighted by Crippen LogP contribution is -2.62. The number of fused-ring (bicyclic) bond motifs is 2. The van der Waals surface area contributed by atoms with Crippen molar-refractivity contribution in [3.8, 4) is 0 Å². The third-order valence-corrected chi connectivity index (χ3v) is 5.99. The van der Waals surface area contributed by atoms with Gasteiger partial charge in [-0.2, -0.15) is 0 Å². The van der Waals surface area contributed by atoms with Crippen molar-refractivity contribution in [2.24, 2.45) is 29.1 Å². The molecule has 6 atom stereocenters. The summed E-state index contributed by atoms with van der Waals surface area (Å²) in [5.41, 5.74) is 0.639. The van der Waals surface area contributed by atoms with Crippen LogP contribution in [0, 0.1) is 29.1 Å². The smallest absolute Gasteiger partial charge is 0.00363 e. The van der Waals surface area contributed by atoms with E-state index < -0.39 is 0 Å².